The normalized spacial score (nSPS) is 16.6. The molecule has 38 heavy (non-hydrogen) atoms. The number of carboxylic acids is 1. The van der Waals surface area contributed by atoms with E-state index in [1.165, 1.54) is 44.2 Å². The number of anilines is 1. The fraction of sp³-hybridized carbons (Fsp3) is 0.407. The number of carboxylic acid groups (broad SMARTS) is 1. The van der Waals surface area contributed by atoms with Gasteiger partial charge < -0.3 is 30.1 Å². The first-order valence-electron chi connectivity index (χ1n) is 12.0. The van der Waals surface area contributed by atoms with E-state index in [0.29, 0.717) is 5.56 Å². The first-order valence-corrected chi connectivity index (χ1v) is 12.0. The van der Waals surface area contributed by atoms with Crippen molar-refractivity contribution in [3.8, 4) is 11.5 Å². The van der Waals surface area contributed by atoms with E-state index in [1.54, 1.807) is 32.9 Å². The van der Waals surface area contributed by atoms with Gasteiger partial charge in [0.2, 0.25) is 5.72 Å². The Morgan fingerprint density at radius 1 is 1.13 bits per heavy atom. The van der Waals surface area contributed by atoms with Crippen molar-refractivity contribution < 1.29 is 44.0 Å². The lowest BCUT2D eigenvalue weighted by molar-refractivity contribution is -0.147. The molecule has 0 bridgehead atoms. The number of ether oxygens (including phenoxy) is 2. The monoisotopic (exact) mass is 528 g/mol. The van der Waals surface area contributed by atoms with Crippen LogP contribution in [0.15, 0.2) is 42.5 Å². The standard InChI is InChI=1S/C27H32N2O9/c1-15(2)27(36,24(34)28-14-23(32)33)29(25(35)38-26(3,4)5)17-8-11-19-20(31)13-21(37-22(19)12-17)16-6-9-18(30)10-7-16/h6-12,15,21,30,36H,13-14H2,1-5H3,(H,28,34)(H,32,33)/t21?,27-/m1/s1. The molecule has 1 unspecified atom stereocenters. The summed E-state index contributed by atoms with van der Waals surface area (Å²) in [6.07, 6.45) is -1.71. The zero-order valence-corrected chi connectivity index (χ0v) is 21.8. The van der Waals surface area contributed by atoms with Crippen LogP contribution in [-0.4, -0.2) is 56.9 Å². The predicted molar refractivity (Wildman–Crippen MR) is 136 cm³/mol. The van der Waals surface area contributed by atoms with Gasteiger partial charge in [-0.2, -0.15) is 0 Å². The molecule has 1 aliphatic rings. The van der Waals surface area contributed by atoms with Crippen LogP contribution >= 0.6 is 0 Å². The van der Waals surface area contributed by atoms with E-state index in [2.05, 4.69) is 5.32 Å². The number of aliphatic hydroxyl groups is 1. The second kappa shape index (κ2) is 10.7. The highest BCUT2D eigenvalue weighted by Crippen LogP contribution is 2.40. The summed E-state index contributed by atoms with van der Waals surface area (Å²) < 4.78 is 11.6. The molecule has 3 rings (SSSR count). The zero-order chi connectivity index (χ0) is 28.4. The van der Waals surface area contributed by atoms with Gasteiger partial charge in [-0.05, 0) is 50.6 Å². The average molecular weight is 529 g/mol. The first-order chi connectivity index (χ1) is 17.6. The predicted octanol–water partition coefficient (Wildman–Crippen LogP) is 3.39. The van der Waals surface area contributed by atoms with Crippen molar-refractivity contribution >= 4 is 29.4 Å². The molecular formula is C27H32N2O9. The lowest BCUT2D eigenvalue weighted by Gasteiger charge is -2.41. The number of fused-ring (bicyclic) bond motifs is 1. The summed E-state index contributed by atoms with van der Waals surface area (Å²) in [5, 5.41) is 32.4. The van der Waals surface area contributed by atoms with Crippen molar-refractivity contribution in [3.05, 3.63) is 53.6 Å². The van der Waals surface area contributed by atoms with E-state index in [-0.39, 0.29) is 35.0 Å². The minimum absolute atomic E-state index is 0.0150. The Morgan fingerprint density at radius 2 is 1.76 bits per heavy atom. The van der Waals surface area contributed by atoms with Crippen LogP contribution < -0.4 is 15.0 Å². The van der Waals surface area contributed by atoms with Gasteiger partial charge in [0, 0.05) is 12.0 Å². The largest absolute Gasteiger partial charge is 0.508 e. The van der Waals surface area contributed by atoms with Crippen molar-refractivity contribution in [1.82, 2.24) is 5.32 Å². The van der Waals surface area contributed by atoms with Gasteiger partial charge in [0.1, 0.15) is 29.7 Å². The number of Topliss-reactive ketones (excluding diaryl/α,β-unsaturated/α-hetero) is 1. The number of ketones is 1. The van der Waals surface area contributed by atoms with Crippen molar-refractivity contribution in [2.75, 3.05) is 11.4 Å². The molecule has 2 aromatic rings. The summed E-state index contributed by atoms with van der Waals surface area (Å²) in [5.41, 5.74) is -2.70. The molecule has 11 nitrogen and oxygen atoms in total. The number of hydrogen-bond acceptors (Lipinski definition) is 8. The second-order valence-corrected chi connectivity index (χ2v) is 10.3. The van der Waals surface area contributed by atoms with E-state index in [0.717, 1.165) is 4.90 Å². The molecule has 0 aromatic heterocycles. The minimum atomic E-state index is -2.57. The quantitative estimate of drug-likeness (QED) is 0.395. The number of carbonyl (C=O) groups is 4. The van der Waals surface area contributed by atoms with Gasteiger partial charge >= 0.3 is 12.1 Å². The topological polar surface area (TPSA) is 163 Å². The number of hydrogen-bond donors (Lipinski definition) is 4. The van der Waals surface area contributed by atoms with Gasteiger partial charge in [-0.1, -0.05) is 26.0 Å². The van der Waals surface area contributed by atoms with Crippen LogP contribution in [0.2, 0.25) is 0 Å². The Morgan fingerprint density at radius 3 is 2.32 bits per heavy atom. The summed E-state index contributed by atoms with van der Waals surface area (Å²) in [5.74, 6) is -3.44. The molecule has 2 aromatic carbocycles. The maximum absolute atomic E-state index is 13.4. The highest BCUT2D eigenvalue weighted by atomic mass is 16.6. The number of benzene rings is 2. The molecule has 4 N–H and O–H groups in total. The maximum atomic E-state index is 13.4. The number of phenolic OH excluding ortho intramolecular Hbond substituents is 1. The van der Waals surface area contributed by atoms with Crippen LogP contribution in [0.25, 0.3) is 0 Å². The van der Waals surface area contributed by atoms with Gasteiger partial charge in [-0.25, -0.2) is 9.69 Å². The van der Waals surface area contributed by atoms with Crippen molar-refractivity contribution in [2.45, 2.75) is 58.5 Å². The molecule has 204 valence electrons. The summed E-state index contributed by atoms with van der Waals surface area (Å²) in [7, 11) is 0. The van der Waals surface area contributed by atoms with Crippen LogP contribution in [0, 0.1) is 5.92 Å². The summed E-state index contributed by atoms with van der Waals surface area (Å²) in [6, 6.07) is 10.3. The van der Waals surface area contributed by atoms with Crippen LogP contribution in [0.4, 0.5) is 10.5 Å². The summed E-state index contributed by atoms with van der Waals surface area (Å²) in [6.45, 7) is 7.01. The van der Waals surface area contributed by atoms with E-state index >= 15 is 0 Å². The SMILES string of the molecule is CC(C)[C@@](O)(C(=O)NCC(=O)O)N(C(=O)OC(C)(C)C)c1ccc2c(c1)OC(c1ccc(O)cc1)CC2=O. The van der Waals surface area contributed by atoms with Gasteiger partial charge in [-0.15, -0.1) is 0 Å². The number of nitrogens with zero attached hydrogens (tertiary/aromatic N) is 1. The lowest BCUT2D eigenvalue weighted by atomic mass is 9.94. The third-order valence-corrected chi connectivity index (χ3v) is 5.89. The number of aromatic hydroxyl groups is 1. The highest BCUT2D eigenvalue weighted by Gasteiger charge is 2.50. The molecule has 11 heteroatoms. The Balaban J connectivity index is 2.10. The molecule has 1 heterocycles. The lowest BCUT2D eigenvalue weighted by Crippen LogP contribution is -2.65. The van der Waals surface area contributed by atoms with Crippen molar-refractivity contribution in [3.63, 3.8) is 0 Å². The second-order valence-electron chi connectivity index (χ2n) is 10.3. The summed E-state index contributed by atoms with van der Waals surface area (Å²) in [4.78, 5) is 51.2. The van der Waals surface area contributed by atoms with Gasteiger partial charge in [0.25, 0.3) is 5.91 Å². The molecular weight excluding hydrogens is 496 g/mol. The average Bonchev–Trinajstić information content (AvgIpc) is 2.81. The molecule has 0 radical (unpaired) electrons. The number of amides is 2. The Hall–Kier alpha value is -4.12. The number of carbonyl (C=O) groups excluding carboxylic acids is 3. The van der Waals surface area contributed by atoms with Crippen LogP contribution in [0.1, 0.15) is 63.1 Å². The fourth-order valence-electron chi connectivity index (χ4n) is 3.98. The molecule has 2 atom stereocenters. The van der Waals surface area contributed by atoms with E-state index in [9.17, 15) is 29.4 Å². The van der Waals surface area contributed by atoms with Crippen LogP contribution in [0.5, 0.6) is 11.5 Å². The van der Waals surface area contributed by atoms with Gasteiger partial charge in [-0.3, -0.25) is 14.4 Å². The smallest absolute Gasteiger partial charge is 0.417 e. The molecule has 0 fully saturated rings. The Labute approximate surface area is 220 Å². The van der Waals surface area contributed by atoms with Gasteiger partial charge in [0.15, 0.2) is 5.78 Å². The van der Waals surface area contributed by atoms with Crippen molar-refractivity contribution in [2.24, 2.45) is 5.92 Å². The summed E-state index contributed by atoms with van der Waals surface area (Å²) >= 11 is 0. The molecule has 2 amide bonds. The number of aliphatic carboxylic acids is 1. The molecule has 0 aliphatic carbocycles. The molecule has 0 saturated heterocycles. The van der Waals surface area contributed by atoms with E-state index < -0.39 is 47.9 Å². The van der Waals surface area contributed by atoms with Crippen LogP contribution in [-0.2, 0) is 14.3 Å². The van der Waals surface area contributed by atoms with Crippen LogP contribution in [0.3, 0.4) is 0 Å². The third-order valence-electron chi connectivity index (χ3n) is 5.89. The Kier molecular flexibility index (Phi) is 8.01. The van der Waals surface area contributed by atoms with Gasteiger partial charge in [0.05, 0.1) is 17.7 Å². The number of rotatable bonds is 7. The highest BCUT2D eigenvalue weighted by molar-refractivity contribution is 6.03. The first kappa shape index (κ1) is 28.5. The molecule has 0 saturated carbocycles. The minimum Gasteiger partial charge on any atom is -0.508 e. The zero-order valence-electron chi connectivity index (χ0n) is 21.8. The fourth-order valence-corrected chi connectivity index (χ4v) is 3.98. The molecule has 1 aliphatic heterocycles. The van der Waals surface area contributed by atoms with E-state index in [4.69, 9.17) is 14.6 Å². The maximum Gasteiger partial charge on any atom is 0.417 e. The number of nitrogens with one attached hydrogen (secondary N) is 1. The molecule has 0 spiro atoms. The van der Waals surface area contributed by atoms with Crippen molar-refractivity contribution in [1.29, 1.82) is 0 Å². The third kappa shape index (κ3) is 6.05. The van der Waals surface area contributed by atoms with E-state index in [1.807, 2.05) is 0 Å². The Bertz CT molecular complexity index is 1230. The number of phenols is 1.